The number of alkyl halides is 1. The fraction of sp³-hybridized carbons (Fsp3) is 0.750. The molecule has 0 aromatic rings. The highest BCUT2D eigenvalue weighted by Gasteiger charge is 2.49. The lowest BCUT2D eigenvalue weighted by Gasteiger charge is -2.24. The van der Waals surface area contributed by atoms with Crippen molar-refractivity contribution in [3.8, 4) is 0 Å². The Labute approximate surface area is 78.6 Å². The molecular formula is C8H9BrO3. The van der Waals surface area contributed by atoms with Crippen LogP contribution < -0.4 is 0 Å². The molecule has 1 saturated carbocycles. The molecule has 0 aromatic carbocycles. The second kappa shape index (κ2) is 2.83. The average Bonchev–Trinajstić information content (AvgIpc) is 2.29. The molecule has 3 unspecified atom stereocenters. The van der Waals surface area contributed by atoms with E-state index in [1.807, 2.05) is 0 Å². The molecule has 0 amide bonds. The van der Waals surface area contributed by atoms with Crippen molar-refractivity contribution in [3.63, 3.8) is 0 Å². The molecule has 1 aliphatic carbocycles. The van der Waals surface area contributed by atoms with Gasteiger partial charge in [0.25, 0.3) is 0 Å². The molecule has 0 N–H and O–H groups in total. The molecule has 12 heavy (non-hydrogen) atoms. The summed E-state index contributed by atoms with van der Waals surface area (Å²) in [7, 11) is 0. The van der Waals surface area contributed by atoms with Gasteiger partial charge in [-0.2, -0.15) is 0 Å². The van der Waals surface area contributed by atoms with E-state index in [9.17, 15) is 9.59 Å². The lowest BCUT2D eigenvalue weighted by molar-refractivity contribution is -0.153. The fourth-order valence-electron chi connectivity index (χ4n) is 1.96. The first-order valence-electron chi connectivity index (χ1n) is 4.10. The van der Waals surface area contributed by atoms with E-state index in [0.29, 0.717) is 0 Å². The van der Waals surface area contributed by atoms with E-state index in [-0.39, 0.29) is 28.6 Å². The third-order valence-electron chi connectivity index (χ3n) is 2.59. The van der Waals surface area contributed by atoms with Crippen LogP contribution in [0, 0.1) is 11.8 Å². The maximum absolute atomic E-state index is 11.2. The first kappa shape index (κ1) is 8.23. The molecular weight excluding hydrogens is 224 g/mol. The van der Waals surface area contributed by atoms with Crippen LogP contribution in [0.5, 0.6) is 0 Å². The maximum Gasteiger partial charge on any atom is 0.318 e. The molecule has 1 aliphatic heterocycles. The number of esters is 2. The maximum atomic E-state index is 11.2. The second-order valence-electron chi connectivity index (χ2n) is 3.32. The Hall–Kier alpha value is -0.380. The quantitative estimate of drug-likeness (QED) is 0.359. The molecule has 66 valence electrons. The van der Waals surface area contributed by atoms with Crippen molar-refractivity contribution in [2.45, 2.75) is 24.1 Å². The molecule has 0 radical (unpaired) electrons. The van der Waals surface area contributed by atoms with Gasteiger partial charge in [-0.05, 0) is 12.8 Å². The number of hydrogen-bond donors (Lipinski definition) is 0. The molecule has 2 rings (SSSR count). The van der Waals surface area contributed by atoms with Crippen molar-refractivity contribution < 1.29 is 14.3 Å². The predicted molar refractivity (Wildman–Crippen MR) is 44.6 cm³/mol. The fourth-order valence-corrected chi connectivity index (χ4v) is 2.87. The Morgan fingerprint density at radius 1 is 1.25 bits per heavy atom. The van der Waals surface area contributed by atoms with Gasteiger partial charge in [0.15, 0.2) is 0 Å². The Bertz CT molecular complexity index is 238. The molecule has 3 nitrogen and oxygen atoms in total. The van der Waals surface area contributed by atoms with Gasteiger partial charge in [0.2, 0.25) is 0 Å². The van der Waals surface area contributed by atoms with Crippen LogP contribution in [0.3, 0.4) is 0 Å². The van der Waals surface area contributed by atoms with Crippen LogP contribution in [-0.2, 0) is 14.3 Å². The van der Waals surface area contributed by atoms with E-state index < -0.39 is 0 Å². The molecule has 2 aliphatic rings. The number of carbonyl (C=O) groups excluding carboxylic acids is 2. The smallest absolute Gasteiger partial charge is 0.318 e. The predicted octanol–water partition coefficient (Wildman–Crippen LogP) is 1.25. The van der Waals surface area contributed by atoms with Crippen molar-refractivity contribution in [3.05, 3.63) is 0 Å². The molecule has 2 fully saturated rings. The summed E-state index contributed by atoms with van der Waals surface area (Å²) < 4.78 is 4.57. The van der Waals surface area contributed by atoms with Crippen molar-refractivity contribution >= 4 is 27.9 Å². The number of carbonyl (C=O) groups is 2. The summed E-state index contributed by atoms with van der Waals surface area (Å²) in [6, 6.07) is 0. The number of rotatable bonds is 0. The van der Waals surface area contributed by atoms with Gasteiger partial charge in [-0.25, -0.2) is 0 Å². The van der Waals surface area contributed by atoms with Gasteiger partial charge in [-0.1, -0.05) is 22.4 Å². The van der Waals surface area contributed by atoms with Crippen LogP contribution in [0.25, 0.3) is 0 Å². The van der Waals surface area contributed by atoms with E-state index in [0.717, 1.165) is 19.3 Å². The largest absolute Gasteiger partial charge is 0.393 e. The first-order valence-corrected chi connectivity index (χ1v) is 5.01. The third kappa shape index (κ3) is 1.09. The lowest BCUT2D eigenvalue weighted by atomic mass is 9.81. The van der Waals surface area contributed by atoms with Crippen LogP contribution in [0.15, 0.2) is 0 Å². The molecule has 1 saturated heterocycles. The topological polar surface area (TPSA) is 43.4 Å². The van der Waals surface area contributed by atoms with E-state index in [1.165, 1.54) is 0 Å². The molecule has 0 bridgehead atoms. The van der Waals surface area contributed by atoms with Crippen LogP contribution >= 0.6 is 15.9 Å². The van der Waals surface area contributed by atoms with Gasteiger partial charge in [0.1, 0.15) is 0 Å². The van der Waals surface area contributed by atoms with Gasteiger partial charge in [-0.3, -0.25) is 9.59 Å². The zero-order chi connectivity index (χ0) is 8.72. The van der Waals surface area contributed by atoms with E-state index in [1.54, 1.807) is 0 Å². The van der Waals surface area contributed by atoms with Crippen LogP contribution in [0.4, 0.5) is 0 Å². The summed E-state index contributed by atoms with van der Waals surface area (Å²) in [6.07, 6.45) is 2.76. The lowest BCUT2D eigenvalue weighted by Crippen LogP contribution is -2.30. The summed E-state index contributed by atoms with van der Waals surface area (Å²) in [4.78, 5) is 22.4. The van der Waals surface area contributed by atoms with Gasteiger partial charge in [0, 0.05) is 4.83 Å². The van der Waals surface area contributed by atoms with Crippen molar-refractivity contribution in [1.82, 2.24) is 0 Å². The summed E-state index contributed by atoms with van der Waals surface area (Å²) in [6.45, 7) is 0. The average molecular weight is 233 g/mol. The highest BCUT2D eigenvalue weighted by molar-refractivity contribution is 9.09. The van der Waals surface area contributed by atoms with E-state index >= 15 is 0 Å². The number of cyclic esters (lactones) is 2. The zero-order valence-corrected chi connectivity index (χ0v) is 8.04. The summed E-state index contributed by atoms with van der Waals surface area (Å²) in [5.41, 5.74) is 0. The summed E-state index contributed by atoms with van der Waals surface area (Å²) in [5, 5.41) is 0. The normalized spacial score (nSPS) is 40.9. The van der Waals surface area contributed by atoms with Crippen molar-refractivity contribution in [2.24, 2.45) is 11.8 Å². The van der Waals surface area contributed by atoms with Crippen LogP contribution in [0.2, 0.25) is 0 Å². The Balaban J connectivity index is 2.24. The highest BCUT2D eigenvalue weighted by Crippen LogP contribution is 2.40. The van der Waals surface area contributed by atoms with Gasteiger partial charge in [-0.15, -0.1) is 0 Å². The Kier molecular flexibility index (Phi) is 1.94. The molecule has 1 heterocycles. The van der Waals surface area contributed by atoms with Crippen LogP contribution in [-0.4, -0.2) is 16.8 Å². The minimum Gasteiger partial charge on any atom is -0.393 e. The third-order valence-corrected chi connectivity index (χ3v) is 3.62. The zero-order valence-electron chi connectivity index (χ0n) is 6.46. The first-order chi connectivity index (χ1) is 5.70. The van der Waals surface area contributed by atoms with Crippen molar-refractivity contribution in [2.75, 3.05) is 0 Å². The SMILES string of the molecule is O=C1OC(=O)C2C(Br)CCCC12. The number of ether oxygens (including phenoxy) is 1. The minimum absolute atomic E-state index is 0.134. The monoisotopic (exact) mass is 232 g/mol. The molecule has 0 spiro atoms. The van der Waals surface area contributed by atoms with Gasteiger partial charge >= 0.3 is 11.9 Å². The van der Waals surface area contributed by atoms with Crippen molar-refractivity contribution in [1.29, 1.82) is 0 Å². The molecule has 4 heteroatoms. The minimum atomic E-state index is -0.341. The molecule has 0 aromatic heterocycles. The molecule has 3 atom stereocenters. The van der Waals surface area contributed by atoms with Gasteiger partial charge in [0.05, 0.1) is 11.8 Å². The summed E-state index contributed by atoms with van der Waals surface area (Å²) >= 11 is 3.41. The number of hydrogen-bond acceptors (Lipinski definition) is 3. The summed E-state index contributed by atoms with van der Waals surface area (Å²) in [5.74, 6) is -1.05. The standard InChI is InChI=1S/C8H9BrO3/c9-5-3-1-2-4-6(5)8(11)12-7(4)10/h4-6H,1-3H2. The van der Waals surface area contributed by atoms with Gasteiger partial charge < -0.3 is 4.74 Å². The van der Waals surface area contributed by atoms with E-state index in [4.69, 9.17) is 0 Å². The van der Waals surface area contributed by atoms with Crippen LogP contribution in [0.1, 0.15) is 19.3 Å². The number of fused-ring (bicyclic) bond motifs is 1. The van der Waals surface area contributed by atoms with E-state index in [2.05, 4.69) is 20.7 Å². The highest BCUT2D eigenvalue weighted by atomic mass is 79.9. The Morgan fingerprint density at radius 2 is 2.00 bits per heavy atom. The number of halogens is 1. The second-order valence-corrected chi connectivity index (χ2v) is 4.50. The Morgan fingerprint density at radius 3 is 2.67 bits per heavy atom.